The van der Waals surface area contributed by atoms with Gasteiger partial charge in [0.2, 0.25) is 6.39 Å². The third-order valence-electron chi connectivity index (χ3n) is 4.97. The highest BCUT2D eigenvalue weighted by molar-refractivity contribution is 7.97. The fourth-order valence-corrected chi connectivity index (χ4v) is 4.26. The first-order chi connectivity index (χ1) is 14.3. The van der Waals surface area contributed by atoms with Crippen LogP contribution in [0.3, 0.4) is 0 Å². The van der Waals surface area contributed by atoms with E-state index in [-0.39, 0.29) is 0 Å². The maximum absolute atomic E-state index is 9.01. The smallest absolute Gasteiger partial charge is 0.251 e. The number of nitrogens with zero attached hydrogens (tertiary/aromatic N) is 4. The number of aromatic nitrogens is 4. The molecule has 0 radical (unpaired) electrons. The van der Waals surface area contributed by atoms with E-state index in [0.717, 1.165) is 40.0 Å². The van der Waals surface area contributed by atoms with E-state index in [1.807, 2.05) is 36.5 Å². The Morgan fingerprint density at radius 3 is 3.00 bits per heavy atom. The summed E-state index contributed by atoms with van der Waals surface area (Å²) in [5, 5.41) is 21.5. The van der Waals surface area contributed by atoms with Crippen LogP contribution in [-0.2, 0) is 0 Å². The second-order valence-electron chi connectivity index (χ2n) is 6.90. The van der Waals surface area contributed by atoms with Crippen molar-refractivity contribution in [3.63, 3.8) is 0 Å². The third kappa shape index (κ3) is 3.55. The Labute approximate surface area is 170 Å². The van der Waals surface area contributed by atoms with Crippen LogP contribution in [-0.4, -0.2) is 32.2 Å². The van der Waals surface area contributed by atoms with Gasteiger partial charge in [0.1, 0.15) is 5.65 Å². The van der Waals surface area contributed by atoms with Crippen LogP contribution in [0.2, 0.25) is 0 Å². The molecule has 9 heteroatoms. The molecule has 8 nitrogen and oxygen atoms in total. The maximum atomic E-state index is 9.01. The number of hydrogen-bond donors (Lipinski definition) is 3. The van der Waals surface area contributed by atoms with Gasteiger partial charge < -0.3 is 14.7 Å². The Balaban J connectivity index is 1.26. The highest BCUT2D eigenvalue weighted by atomic mass is 32.2. The van der Waals surface area contributed by atoms with E-state index in [9.17, 15) is 0 Å². The lowest BCUT2D eigenvalue weighted by molar-refractivity contribution is 0.355. The molecule has 144 valence electrons. The molecule has 29 heavy (non-hydrogen) atoms. The zero-order valence-corrected chi connectivity index (χ0v) is 16.1. The normalized spacial score (nSPS) is 18.3. The molecule has 0 amide bonds. The highest BCUT2D eigenvalue weighted by Crippen LogP contribution is 2.36. The Hall–Kier alpha value is -3.35. The van der Waals surface area contributed by atoms with Gasteiger partial charge in [0.05, 0.1) is 22.9 Å². The molecular formula is C20H17N7OS. The first-order valence-corrected chi connectivity index (χ1v) is 10.0. The molecule has 0 aliphatic heterocycles. The van der Waals surface area contributed by atoms with Gasteiger partial charge >= 0.3 is 0 Å². The van der Waals surface area contributed by atoms with Crippen molar-refractivity contribution >= 4 is 28.7 Å². The first kappa shape index (κ1) is 17.7. The molecule has 3 N–H and O–H groups in total. The summed E-state index contributed by atoms with van der Waals surface area (Å²) < 4.78 is 8.88. The van der Waals surface area contributed by atoms with Crippen molar-refractivity contribution in [2.45, 2.75) is 29.8 Å². The number of anilines is 1. The predicted octanol–water partition coefficient (Wildman–Crippen LogP) is 3.72. The molecule has 3 heterocycles. The Morgan fingerprint density at radius 1 is 1.24 bits per heavy atom. The summed E-state index contributed by atoms with van der Waals surface area (Å²) in [7, 11) is 0. The monoisotopic (exact) mass is 403 g/mol. The molecule has 0 bridgehead atoms. The van der Waals surface area contributed by atoms with Crippen molar-refractivity contribution in [1.82, 2.24) is 24.9 Å². The number of pyridine rings is 1. The van der Waals surface area contributed by atoms with E-state index in [1.54, 1.807) is 18.1 Å². The first-order valence-electron chi connectivity index (χ1n) is 9.22. The summed E-state index contributed by atoms with van der Waals surface area (Å²) in [6, 6.07) is 12.5. The standard InChI is InChI=1S/C20H17N7OS/c21-9-12-2-1-3-15(6-12)29-27-14-7-13(8-14)25-18-16-4-5-22-19(16)23-10-17(18)20-26-24-11-28-20/h1-6,10-11,13-14,27H,7-8H2,(H2,22,23,25)/t13-,14+. The second-order valence-corrected chi connectivity index (χ2v) is 7.81. The van der Waals surface area contributed by atoms with E-state index in [4.69, 9.17) is 9.68 Å². The summed E-state index contributed by atoms with van der Waals surface area (Å²) >= 11 is 1.57. The number of fused-ring (bicyclic) bond motifs is 1. The summed E-state index contributed by atoms with van der Waals surface area (Å²) in [6.07, 6.45) is 6.92. The summed E-state index contributed by atoms with van der Waals surface area (Å²) in [5.74, 6) is 0.449. The van der Waals surface area contributed by atoms with E-state index in [1.165, 1.54) is 6.39 Å². The molecule has 1 fully saturated rings. The van der Waals surface area contributed by atoms with Gasteiger partial charge in [0, 0.05) is 34.8 Å². The lowest BCUT2D eigenvalue weighted by atomic mass is 9.87. The SMILES string of the molecule is N#Cc1cccc(SN[C@H]2C[C@@H](Nc3c(-c4nnco4)cnc4[nH]ccc34)C2)c1. The highest BCUT2D eigenvalue weighted by Gasteiger charge is 2.30. The largest absolute Gasteiger partial charge is 0.423 e. The minimum Gasteiger partial charge on any atom is -0.423 e. The van der Waals surface area contributed by atoms with Gasteiger partial charge in [-0.1, -0.05) is 6.07 Å². The average molecular weight is 403 g/mol. The summed E-state index contributed by atoms with van der Waals surface area (Å²) in [5.41, 5.74) is 3.25. The Morgan fingerprint density at radius 2 is 2.17 bits per heavy atom. The maximum Gasteiger partial charge on any atom is 0.251 e. The molecule has 1 aliphatic rings. The van der Waals surface area contributed by atoms with Crippen molar-refractivity contribution in [1.29, 1.82) is 5.26 Å². The molecule has 1 aliphatic carbocycles. The van der Waals surface area contributed by atoms with Gasteiger partial charge in [-0.25, -0.2) is 4.98 Å². The minimum atomic E-state index is 0.334. The van der Waals surface area contributed by atoms with Crippen molar-refractivity contribution in [3.8, 4) is 17.5 Å². The van der Waals surface area contributed by atoms with Gasteiger partial charge in [0.25, 0.3) is 5.89 Å². The van der Waals surface area contributed by atoms with Crippen molar-refractivity contribution in [2.75, 3.05) is 5.32 Å². The van der Waals surface area contributed by atoms with Gasteiger partial charge in [-0.3, -0.25) is 4.72 Å². The van der Waals surface area contributed by atoms with Crippen LogP contribution in [0.25, 0.3) is 22.5 Å². The van der Waals surface area contributed by atoms with Gasteiger partial charge in [-0.05, 0) is 49.1 Å². The average Bonchev–Trinajstić information content (AvgIpc) is 3.41. The Kier molecular flexibility index (Phi) is 4.63. The van der Waals surface area contributed by atoms with E-state index >= 15 is 0 Å². The van der Waals surface area contributed by atoms with Crippen molar-refractivity contribution in [3.05, 3.63) is 54.7 Å². The van der Waals surface area contributed by atoms with Crippen LogP contribution >= 0.6 is 11.9 Å². The number of benzene rings is 1. The molecule has 1 saturated carbocycles. The fourth-order valence-electron chi connectivity index (χ4n) is 3.43. The molecule has 0 spiro atoms. The van der Waals surface area contributed by atoms with E-state index < -0.39 is 0 Å². The van der Waals surface area contributed by atoms with Crippen LogP contribution in [0.4, 0.5) is 5.69 Å². The van der Waals surface area contributed by atoms with Gasteiger partial charge in [0.15, 0.2) is 0 Å². The second kappa shape index (κ2) is 7.58. The van der Waals surface area contributed by atoms with Crippen LogP contribution < -0.4 is 10.0 Å². The fraction of sp³-hybridized carbons (Fsp3) is 0.200. The van der Waals surface area contributed by atoms with E-state index in [0.29, 0.717) is 23.5 Å². The lowest BCUT2D eigenvalue weighted by Crippen LogP contribution is -2.45. The van der Waals surface area contributed by atoms with Gasteiger partial charge in [-0.15, -0.1) is 10.2 Å². The topological polar surface area (TPSA) is 115 Å². The number of hydrogen-bond acceptors (Lipinski definition) is 8. The number of H-pyrrole nitrogens is 1. The minimum absolute atomic E-state index is 0.334. The third-order valence-corrected chi connectivity index (χ3v) is 5.91. The molecule has 1 aromatic carbocycles. The van der Waals surface area contributed by atoms with E-state index in [2.05, 4.69) is 36.3 Å². The molecular weight excluding hydrogens is 386 g/mol. The number of aromatic amines is 1. The van der Waals surface area contributed by atoms with Gasteiger partial charge in [-0.2, -0.15) is 5.26 Å². The van der Waals surface area contributed by atoms with Crippen LogP contribution in [0.1, 0.15) is 18.4 Å². The van der Waals surface area contributed by atoms with Crippen LogP contribution in [0.15, 0.2) is 58.4 Å². The van der Waals surface area contributed by atoms with Crippen LogP contribution in [0, 0.1) is 11.3 Å². The summed E-state index contributed by atoms with van der Waals surface area (Å²) in [4.78, 5) is 8.62. The molecule has 0 atom stereocenters. The van der Waals surface area contributed by atoms with Crippen LogP contribution in [0.5, 0.6) is 0 Å². The number of nitriles is 1. The molecule has 3 aromatic heterocycles. The van der Waals surface area contributed by atoms with Crippen molar-refractivity contribution < 1.29 is 4.42 Å². The molecule has 0 unspecified atom stereocenters. The zero-order chi connectivity index (χ0) is 19.6. The van der Waals surface area contributed by atoms with Crippen molar-refractivity contribution in [2.24, 2.45) is 0 Å². The number of rotatable bonds is 6. The molecule has 5 rings (SSSR count). The summed E-state index contributed by atoms with van der Waals surface area (Å²) in [6.45, 7) is 0. The molecule has 4 aromatic rings. The number of nitrogens with one attached hydrogen (secondary N) is 3. The quantitative estimate of drug-likeness (QED) is 0.417. The predicted molar refractivity (Wildman–Crippen MR) is 110 cm³/mol. The molecule has 0 saturated heterocycles. The lowest BCUT2D eigenvalue weighted by Gasteiger charge is -2.37. The zero-order valence-electron chi connectivity index (χ0n) is 15.3. The Bertz CT molecular complexity index is 1180.